The summed E-state index contributed by atoms with van der Waals surface area (Å²) in [7, 11) is 0.269. The molecule has 1 atom stereocenters. The SMILES string of the molecule is COc1ccc(N)cc1NC(=O)CS(=O)C(C)(C)C. The molecule has 1 rings (SSSR count). The van der Waals surface area contributed by atoms with Gasteiger partial charge in [-0.1, -0.05) is 0 Å². The number of benzene rings is 1. The molecule has 0 spiro atoms. The number of carbonyl (C=O) groups excluding carboxylic acids is 1. The van der Waals surface area contributed by atoms with E-state index in [0.29, 0.717) is 17.1 Å². The van der Waals surface area contributed by atoms with E-state index in [9.17, 15) is 9.00 Å². The minimum atomic E-state index is -1.24. The van der Waals surface area contributed by atoms with Crippen molar-refractivity contribution >= 4 is 28.1 Å². The van der Waals surface area contributed by atoms with Crippen LogP contribution in [0.25, 0.3) is 0 Å². The maximum absolute atomic E-state index is 11.9. The Balaban J connectivity index is 2.77. The number of methoxy groups -OCH3 is 1. The van der Waals surface area contributed by atoms with Gasteiger partial charge in [-0.15, -0.1) is 0 Å². The minimum Gasteiger partial charge on any atom is -0.495 e. The molecule has 0 saturated carbocycles. The van der Waals surface area contributed by atoms with Crippen molar-refractivity contribution in [1.82, 2.24) is 0 Å². The zero-order valence-corrected chi connectivity index (χ0v) is 12.5. The molecule has 1 unspecified atom stereocenters. The van der Waals surface area contributed by atoms with E-state index in [-0.39, 0.29) is 11.7 Å². The van der Waals surface area contributed by atoms with E-state index < -0.39 is 15.5 Å². The quantitative estimate of drug-likeness (QED) is 0.826. The zero-order valence-electron chi connectivity index (χ0n) is 11.6. The molecule has 0 aliphatic carbocycles. The van der Waals surface area contributed by atoms with E-state index >= 15 is 0 Å². The van der Waals surface area contributed by atoms with Crippen LogP contribution in [0.15, 0.2) is 18.2 Å². The van der Waals surface area contributed by atoms with Crippen molar-refractivity contribution in [2.24, 2.45) is 0 Å². The number of hydrogen-bond acceptors (Lipinski definition) is 4. The molecule has 0 radical (unpaired) electrons. The van der Waals surface area contributed by atoms with E-state index in [1.807, 2.05) is 20.8 Å². The third kappa shape index (κ3) is 4.55. The van der Waals surface area contributed by atoms with E-state index in [2.05, 4.69) is 5.32 Å². The number of nitrogens with two attached hydrogens (primary N) is 1. The number of nitrogens with one attached hydrogen (secondary N) is 1. The fourth-order valence-electron chi connectivity index (χ4n) is 1.35. The highest BCUT2D eigenvalue weighted by molar-refractivity contribution is 7.87. The smallest absolute Gasteiger partial charge is 0.237 e. The van der Waals surface area contributed by atoms with Crippen molar-refractivity contribution in [2.45, 2.75) is 25.5 Å². The van der Waals surface area contributed by atoms with E-state index in [4.69, 9.17) is 10.5 Å². The standard InChI is InChI=1S/C13H20N2O3S/c1-13(2,3)19(17)8-12(16)15-10-7-9(14)5-6-11(10)18-4/h5-7H,8,14H2,1-4H3,(H,15,16). The Labute approximate surface area is 116 Å². The van der Waals surface area contributed by atoms with E-state index in [1.54, 1.807) is 18.2 Å². The summed E-state index contributed by atoms with van der Waals surface area (Å²) in [5, 5.41) is 2.67. The molecule has 0 aliphatic rings. The van der Waals surface area contributed by atoms with Crippen LogP contribution in [-0.2, 0) is 15.6 Å². The number of rotatable bonds is 4. The molecule has 0 aliphatic heterocycles. The van der Waals surface area contributed by atoms with Gasteiger partial charge in [-0.05, 0) is 39.0 Å². The van der Waals surface area contributed by atoms with Gasteiger partial charge >= 0.3 is 0 Å². The molecule has 1 aromatic carbocycles. The molecule has 0 saturated heterocycles. The fourth-order valence-corrected chi connectivity index (χ4v) is 2.09. The second-order valence-electron chi connectivity index (χ2n) is 5.11. The molecule has 1 aromatic rings. The Morgan fingerprint density at radius 2 is 2.05 bits per heavy atom. The molecule has 106 valence electrons. The van der Waals surface area contributed by atoms with Crippen molar-refractivity contribution < 1.29 is 13.7 Å². The summed E-state index contributed by atoms with van der Waals surface area (Å²) in [4.78, 5) is 11.8. The summed E-state index contributed by atoms with van der Waals surface area (Å²) in [6, 6.07) is 4.96. The molecule has 0 fully saturated rings. The average molecular weight is 284 g/mol. The van der Waals surface area contributed by atoms with Gasteiger partial charge in [0, 0.05) is 21.2 Å². The first-order valence-corrected chi connectivity index (χ1v) is 7.18. The molecule has 0 bridgehead atoms. The molecule has 5 nitrogen and oxygen atoms in total. The maximum atomic E-state index is 11.9. The summed E-state index contributed by atoms with van der Waals surface area (Å²) in [6.07, 6.45) is 0. The molecule has 0 heterocycles. The number of carbonyl (C=O) groups is 1. The topological polar surface area (TPSA) is 81.4 Å². The highest BCUT2D eigenvalue weighted by Crippen LogP contribution is 2.26. The second kappa shape index (κ2) is 6.06. The first-order valence-electron chi connectivity index (χ1n) is 5.86. The summed E-state index contributed by atoms with van der Waals surface area (Å²) in [5.41, 5.74) is 6.67. The highest BCUT2D eigenvalue weighted by atomic mass is 32.2. The summed E-state index contributed by atoms with van der Waals surface area (Å²) in [6.45, 7) is 5.49. The molecule has 3 N–H and O–H groups in total. The first kappa shape index (κ1) is 15.5. The van der Waals surface area contributed by atoms with Crippen molar-refractivity contribution in [1.29, 1.82) is 0 Å². The predicted molar refractivity (Wildman–Crippen MR) is 78.8 cm³/mol. The number of ether oxygens (including phenoxy) is 1. The number of nitrogen functional groups attached to an aromatic ring is 1. The lowest BCUT2D eigenvalue weighted by Crippen LogP contribution is -2.30. The molecule has 6 heteroatoms. The van der Waals surface area contributed by atoms with Gasteiger partial charge in [-0.25, -0.2) is 0 Å². The second-order valence-corrected chi connectivity index (χ2v) is 7.31. The zero-order chi connectivity index (χ0) is 14.6. The lowest BCUT2D eigenvalue weighted by molar-refractivity contribution is -0.113. The molecule has 0 aromatic heterocycles. The first-order chi connectivity index (χ1) is 8.74. The van der Waals surface area contributed by atoms with Crippen molar-refractivity contribution in [3.8, 4) is 5.75 Å². The third-order valence-electron chi connectivity index (χ3n) is 2.44. The average Bonchev–Trinajstić information content (AvgIpc) is 2.27. The minimum absolute atomic E-state index is 0.0541. The normalized spacial score (nSPS) is 12.8. The predicted octanol–water partition coefficient (Wildman–Crippen LogP) is 1.76. The Morgan fingerprint density at radius 1 is 1.42 bits per heavy atom. The fraction of sp³-hybridized carbons (Fsp3) is 0.462. The van der Waals surface area contributed by atoms with Gasteiger partial charge in [0.1, 0.15) is 11.5 Å². The van der Waals surface area contributed by atoms with Crippen LogP contribution in [-0.4, -0.2) is 27.7 Å². The van der Waals surface area contributed by atoms with Gasteiger partial charge in [-0.3, -0.25) is 9.00 Å². The summed E-state index contributed by atoms with van der Waals surface area (Å²) < 4.78 is 16.6. The third-order valence-corrected chi connectivity index (χ3v) is 4.33. The van der Waals surface area contributed by atoms with Crippen LogP contribution in [0.5, 0.6) is 5.75 Å². The molecular formula is C13H20N2O3S. The Morgan fingerprint density at radius 3 is 2.58 bits per heavy atom. The van der Waals surface area contributed by atoms with Crippen LogP contribution in [0.1, 0.15) is 20.8 Å². The summed E-state index contributed by atoms with van der Waals surface area (Å²) in [5.74, 6) is 0.141. The Bertz CT molecular complexity index is 495. The van der Waals surface area contributed by atoms with Gasteiger partial charge in [0.2, 0.25) is 5.91 Å². The van der Waals surface area contributed by atoms with Crippen LogP contribution < -0.4 is 15.8 Å². The van der Waals surface area contributed by atoms with Gasteiger partial charge in [0.05, 0.1) is 12.8 Å². The van der Waals surface area contributed by atoms with Crippen molar-refractivity contribution in [3.05, 3.63) is 18.2 Å². The number of hydrogen-bond donors (Lipinski definition) is 2. The van der Waals surface area contributed by atoms with Crippen LogP contribution >= 0.6 is 0 Å². The van der Waals surface area contributed by atoms with Crippen molar-refractivity contribution in [2.75, 3.05) is 23.9 Å². The van der Waals surface area contributed by atoms with Crippen LogP contribution in [0.4, 0.5) is 11.4 Å². The van der Waals surface area contributed by atoms with Gasteiger partial charge in [0.15, 0.2) is 0 Å². The Hall–Kier alpha value is -1.56. The van der Waals surface area contributed by atoms with Gasteiger partial charge < -0.3 is 15.8 Å². The Kier molecular flexibility index (Phi) is 4.94. The van der Waals surface area contributed by atoms with Crippen LogP contribution in [0, 0.1) is 0 Å². The molecule has 1 amide bonds. The van der Waals surface area contributed by atoms with E-state index in [1.165, 1.54) is 7.11 Å². The largest absolute Gasteiger partial charge is 0.495 e. The maximum Gasteiger partial charge on any atom is 0.237 e. The van der Waals surface area contributed by atoms with Crippen LogP contribution in [0.2, 0.25) is 0 Å². The van der Waals surface area contributed by atoms with Crippen molar-refractivity contribution in [3.63, 3.8) is 0 Å². The molecule has 19 heavy (non-hydrogen) atoms. The van der Waals surface area contributed by atoms with Gasteiger partial charge in [-0.2, -0.15) is 0 Å². The number of amides is 1. The lowest BCUT2D eigenvalue weighted by Gasteiger charge is -2.17. The monoisotopic (exact) mass is 284 g/mol. The summed E-state index contributed by atoms with van der Waals surface area (Å²) >= 11 is 0. The van der Waals surface area contributed by atoms with E-state index in [0.717, 1.165) is 0 Å². The lowest BCUT2D eigenvalue weighted by atomic mass is 10.2. The number of anilines is 2. The van der Waals surface area contributed by atoms with Crippen LogP contribution in [0.3, 0.4) is 0 Å². The highest BCUT2D eigenvalue weighted by Gasteiger charge is 2.22. The van der Waals surface area contributed by atoms with Gasteiger partial charge in [0.25, 0.3) is 0 Å². The molecular weight excluding hydrogens is 264 g/mol.